The number of nitrogens with two attached hydrogens (primary N) is 1. The molecule has 2 rings (SSSR count). The van der Waals surface area contributed by atoms with Crippen LogP contribution in [0, 0.1) is 11.6 Å². The van der Waals surface area contributed by atoms with Gasteiger partial charge in [0.15, 0.2) is 0 Å². The molecule has 0 radical (unpaired) electrons. The molecule has 0 spiro atoms. The molecule has 0 heterocycles. The van der Waals surface area contributed by atoms with Gasteiger partial charge >= 0.3 is 0 Å². The molecule has 2 aromatic carbocycles. The van der Waals surface area contributed by atoms with E-state index in [1.54, 1.807) is 0 Å². The van der Waals surface area contributed by atoms with Crippen LogP contribution in [-0.2, 0) is 17.8 Å². The van der Waals surface area contributed by atoms with E-state index in [0.717, 1.165) is 11.6 Å². The maximum Gasteiger partial charge on any atom is 0.129 e. The van der Waals surface area contributed by atoms with Gasteiger partial charge in [-0.1, -0.05) is 36.4 Å². The van der Waals surface area contributed by atoms with Crippen LogP contribution in [0.2, 0.25) is 0 Å². The van der Waals surface area contributed by atoms with E-state index in [-0.39, 0.29) is 6.42 Å². The molecule has 0 aromatic heterocycles. The van der Waals surface area contributed by atoms with Crippen molar-refractivity contribution in [2.75, 3.05) is 0 Å². The third-order valence-electron chi connectivity index (χ3n) is 2.89. The number of benzene rings is 2. The Bertz CT molecular complexity index is 615. The van der Waals surface area contributed by atoms with Gasteiger partial charge in [0.1, 0.15) is 24.0 Å². The molecule has 21 heavy (non-hydrogen) atoms. The van der Waals surface area contributed by atoms with Gasteiger partial charge < -0.3 is 10.2 Å². The molecule has 0 saturated carbocycles. The first-order chi connectivity index (χ1) is 10.2. The van der Waals surface area contributed by atoms with Crippen LogP contribution in [0.5, 0.6) is 0 Å². The third kappa shape index (κ3) is 4.57. The second-order valence-electron chi connectivity index (χ2n) is 4.46. The van der Waals surface area contributed by atoms with Crippen LogP contribution >= 0.6 is 0 Å². The molecule has 110 valence electrons. The Labute approximate surface area is 122 Å². The summed E-state index contributed by atoms with van der Waals surface area (Å²) in [6, 6.07) is 13.0. The highest BCUT2D eigenvalue weighted by Crippen LogP contribution is 2.16. The zero-order valence-corrected chi connectivity index (χ0v) is 11.4. The number of hydrogen-bond acceptors (Lipinski definition) is 3. The Morgan fingerprint density at radius 1 is 1.14 bits per heavy atom. The number of hydrazine groups is 1. The van der Waals surface area contributed by atoms with Crippen molar-refractivity contribution < 1.29 is 13.5 Å². The van der Waals surface area contributed by atoms with Gasteiger partial charge in [-0.2, -0.15) is 0 Å². The molecule has 3 nitrogen and oxygen atoms in total. The lowest BCUT2D eigenvalue weighted by molar-refractivity contribution is 0.190. The van der Waals surface area contributed by atoms with Crippen molar-refractivity contribution in [1.29, 1.82) is 0 Å². The quantitative estimate of drug-likeness (QED) is 0.488. The zero-order valence-electron chi connectivity index (χ0n) is 11.4. The molecular formula is C16H16F2N2O. The maximum atomic E-state index is 13.6. The van der Waals surface area contributed by atoms with Crippen molar-refractivity contribution >= 4 is 0 Å². The van der Waals surface area contributed by atoms with Gasteiger partial charge in [-0.25, -0.2) is 8.78 Å². The van der Waals surface area contributed by atoms with Gasteiger partial charge in [0.2, 0.25) is 0 Å². The minimum atomic E-state index is -0.610. The van der Waals surface area contributed by atoms with Crippen molar-refractivity contribution in [3.05, 3.63) is 83.3 Å². The molecule has 0 saturated heterocycles. The van der Waals surface area contributed by atoms with Crippen LogP contribution < -0.4 is 11.3 Å². The Hall–Kier alpha value is -2.40. The van der Waals surface area contributed by atoms with Crippen LogP contribution in [0.3, 0.4) is 0 Å². The topological polar surface area (TPSA) is 47.3 Å². The van der Waals surface area contributed by atoms with Gasteiger partial charge in [0.25, 0.3) is 0 Å². The third-order valence-corrected chi connectivity index (χ3v) is 2.89. The Kier molecular flexibility index (Phi) is 5.29. The van der Waals surface area contributed by atoms with Crippen molar-refractivity contribution in [3.8, 4) is 0 Å². The van der Waals surface area contributed by atoms with Gasteiger partial charge in [0, 0.05) is 12.5 Å². The summed E-state index contributed by atoms with van der Waals surface area (Å²) in [5.41, 5.74) is 3.70. The lowest BCUT2D eigenvalue weighted by atomic mass is 10.1. The van der Waals surface area contributed by atoms with Crippen LogP contribution in [0.1, 0.15) is 11.1 Å². The van der Waals surface area contributed by atoms with E-state index in [9.17, 15) is 8.78 Å². The second-order valence-corrected chi connectivity index (χ2v) is 4.46. The number of hydrogen-bond donors (Lipinski definition) is 2. The fourth-order valence-electron chi connectivity index (χ4n) is 1.84. The first kappa shape index (κ1) is 15.0. The number of allylic oxidation sites excluding steroid dienone is 1. The van der Waals surface area contributed by atoms with Crippen molar-refractivity contribution in [1.82, 2.24) is 5.43 Å². The lowest BCUT2D eigenvalue weighted by Gasteiger charge is -2.11. The summed E-state index contributed by atoms with van der Waals surface area (Å²) in [5.74, 6) is 4.50. The normalized spacial score (nSPS) is 11.3. The molecular weight excluding hydrogens is 274 g/mol. The average Bonchev–Trinajstić information content (AvgIpc) is 2.49. The summed E-state index contributed by atoms with van der Waals surface area (Å²) in [6.45, 7) is 0.344. The van der Waals surface area contributed by atoms with Crippen molar-refractivity contribution in [3.63, 3.8) is 0 Å². The molecule has 3 N–H and O–H groups in total. The first-order valence-electron chi connectivity index (χ1n) is 6.45. The van der Waals surface area contributed by atoms with E-state index in [1.807, 2.05) is 30.3 Å². The van der Waals surface area contributed by atoms with Gasteiger partial charge in [-0.05, 0) is 17.2 Å². The zero-order chi connectivity index (χ0) is 15.1. The number of rotatable bonds is 6. The summed E-state index contributed by atoms with van der Waals surface area (Å²) < 4.78 is 32.1. The van der Waals surface area contributed by atoms with E-state index in [1.165, 1.54) is 18.3 Å². The van der Waals surface area contributed by atoms with E-state index < -0.39 is 11.6 Å². The van der Waals surface area contributed by atoms with E-state index in [2.05, 4.69) is 5.43 Å². The summed E-state index contributed by atoms with van der Waals surface area (Å²) in [7, 11) is 0. The van der Waals surface area contributed by atoms with Crippen molar-refractivity contribution in [2.45, 2.75) is 13.0 Å². The smallest absolute Gasteiger partial charge is 0.129 e. The molecule has 2 aromatic rings. The fraction of sp³-hybridized carbons (Fsp3) is 0.125. The van der Waals surface area contributed by atoms with E-state index in [4.69, 9.17) is 10.6 Å². The number of ether oxygens (including phenoxy) is 1. The van der Waals surface area contributed by atoms with E-state index in [0.29, 0.717) is 17.9 Å². The minimum Gasteiger partial charge on any atom is -0.491 e. The molecule has 0 aliphatic carbocycles. The maximum absolute atomic E-state index is 13.6. The monoisotopic (exact) mass is 290 g/mol. The molecule has 0 aliphatic heterocycles. The largest absolute Gasteiger partial charge is 0.491 e. The molecule has 0 unspecified atom stereocenters. The predicted molar refractivity (Wildman–Crippen MR) is 76.7 cm³/mol. The molecule has 0 aliphatic rings. The molecule has 5 heteroatoms. The Morgan fingerprint density at radius 2 is 1.90 bits per heavy atom. The Balaban J connectivity index is 2.04. The molecule has 0 fully saturated rings. The summed E-state index contributed by atoms with van der Waals surface area (Å²) in [5, 5.41) is 0. The van der Waals surface area contributed by atoms with Crippen LogP contribution in [-0.4, -0.2) is 0 Å². The summed E-state index contributed by atoms with van der Waals surface area (Å²) >= 11 is 0. The predicted octanol–water partition coefficient (Wildman–Crippen LogP) is 3.03. The van der Waals surface area contributed by atoms with Crippen LogP contribution in [0.4, 0.5) is 8.78 Å². The Morgan fingerprint density at radius 3 is 2.57 bits per heavy atom. The second kappa shape index (κ2) is 7.40. The van der Waals surface area contributed by atoms with Gasteiger partial charge in [0.05, 0.1) is 6.20 Å². The fourth-order valence-corrected chi connectivity index (χ4v) is 1.84. The van der Waals surface area contributed by atoms with Gasteiger partial charge in [-0.3, -0.25) is 5.84 Å². The van der Waals surface area contributed by atoms with Crippen LogP contribution in [0.15, 0.2) is 60.5 Å². The van der Waals surface area contributed by atoms with Gasteiger partial charge in [-0.15, -0.1) is 0 Å². The SMILES string of the molecule is NN/C=C(/Cc1ccc(F)cc1F)OCc1ccccc1. The number of nitrogens with one attached hydrogen (secondary N) is 1. The highest BCUT2D eigenvalue weighted by molar-refractivity contribution is 5.23. The van der Waals surface area contributed by atoms with Crippen LogP contribution in [0.25, 0.3) is 0 Å². The molecule has 0 atom stereocenters. The summed E-state index contributed by atoms with van der Waals surface area (Å²) in [4.78, 5) is 0. The lowest BCUT2D eigenvalue weighted by Crippen LogP contribution is -2.16. The highest BCUT2D eigenvalue weighted by atomic mass is 19.1. The minimum absolute atomic E-state index is 0.184. The molecule has 0 bridgehead atoms. The number of halogens is 2. The molecule has 0 amide bonds. The first-order valence-corrected chi connectivity index (χ1v) is 6.45. The summed E-state index contributed by atoms with van der Waals surface area (Å²) in [6.07, 6.45) is 1.63. The standard InChI is InChI=1S/C16H16F2N2O/c17-14-7-6-13(16(18)9-14)8-15(10-20-19)21-11-12-4-2-1-3-5-12/h1-7,9-10,20H,8,11,19H2/b15-10-. The average molecular weight is 290 g/mol. The van der Waals surface area contributed by atoms with E-state index >= 15 is 0 Å². The van der Waals surface area contributed by atoms with Crippen molar-refractivity contribution in [2.24, 2.45) is 5.84 Å². The highest BCUT2D eigenvalue weighted by Gasteiger charge is 2.08.